The Morgan fingerprint density at radius 2 is 1.87 bits per heavy atom. The van der Waals surface area contributed by atoms with E-state index >= 15 is 0 Å². The Morgan fingerprint density at radius 1 is 1.22 bits per heavy atom. The van der Waals surface area contributed by atoms with E-state index < -0.39 is 10.8 Å². The molecule has 0 aliphatic heterocycles. The quantitative estimate of drug-likeness (QED) is 0.582. The summed E-state index contributed by atoms with van der Waals surface area (Å²) >= 11 is 5.88. The topological polar surface area (TPSA) is 53.5 Å². The number of hydrogen-bond acceptors (Lipinski definition) is 2. The number of rotatable bonds is 7. The number of guanidine groups is 1. The summed E-state index contributed by atoms with van der Waals surface area (Å²) < 4.78 is 11.8. The first-order chi connectivity index (χ1) is 10.8. The number of hydrogen-bond donors (Lipinski definition) is 2. The van der Waals surface area contributed by atoms with E-state index in [0.29, 0.717) is 12.3 Å². The maximum atomic E-state index is 12.0. The first-order valence-corrected chi connectivity index (χ1v) is 9.67. The lowest BCUT2D eigenvalue weighted by atomic mass is 10.1. The van der Waals surface area contributed by atoms with Crippen molar-refractivity contribution in [2.24, 2.45) is 4.99 Å². The lowest BCUT2D eigenvalue weighted by Crippen LogP contribution is -2.38. The summed E-state index contributed by atoms with van der Waals surface area (Å²) in [6.07, 6.45) is 0.898. The molecule has 0 amide bonds. The van der Waals surface area contributed by atoms with Gasteiger partial charge in [-0.2, -0.15) is 0 Å². The minimum Gasteiger partial charge on any atom is -0.357 e. The third-order valence-corrected chi connectivity index (χ3v) is 5.36. The number of benzene rings is 1. The molecule has 1 rings (SSSR count). The van der Waals surface area contributed by atoms with Gasteiger partial charge in [-0.1, -0.05) is 23.7 Å². The van der Waals surface area contributed by atoms with Crippen LogP contribution in [0.3, 0.4) is 0 Å². The van der Waals surface area contributed by atoms with Crippen LogP contribution in [-0.4, -0.2) is 40.3 Å². The summed E-state index contributed by atoms with van der Waals surface area (Å²) in [5.41, 5.74) is 1.23. The Morgan fingerprint density at radius 3 is 2.43 bits per heavy atom. The van der Waals surface area contributed by atoms with Gasteiger partial charge in [0.15, 0.2) is 5.96 Å². The smallest absolute Gasteiger partial charge is 0.191 e. The molecule has 0 aliphatic carbocycles. The van der Waals surface area contributed by atoms with Crippen molar-refractivity contribution in [3.8, 4) is 0 Å². The molecule has 0 bridgehead atoms. The Hall–Kier alpha value is -1.07. The van der Waals surface area contributed by atoms with E-state index in [0.717, 1.165) is 30.5 Å². The molecule has 0 saturated heterocycles. The van der Waals surface area contributed by atoms with Crippen molar-refractivity contribution in [2.75, 3.05) is 25.4 Å². The van der Waals surface area contributed by atoms with Gasteiger partial charge in [0.1, 0.15) is 0 Å². The third kappa shape index (κ3) is 8.37. The van der Waals surface area contributed by atoms with Crippen molar-refractivity contribution in [3.05, 3.63) is 34.9 Å². The number of aliphatic imine (C=N–C) groups is 1. The van der Waals surface area contributed by atoms with Crippen LogP contribution in [0.1, 0.15) is 33.3 Å². The van der Waals surface area contributed by atoms with Gasteiger partial charge in [0, 0.05) is 39.4 Å². The zero-order valence-corrected chi connectivity index (χ0v) is 16.1. The molecule has 1 atom stereocenters. The van der Waals surface area contributed by atoms with Crippen molar-refractivity contribution in [1.82, 2.24) is 10.6 Å². The highest BCUT2D eigenvalue weighted by Crippen LogP contribution is 2.11. The molecule has 0 aliphatic rings. The van der Waals surface area contributed by atoms with Crippen LogP contribution < -0.4 is 10.6 Å². The van der Waals surface area contributed by atoms with Gasteiger partial charge < -0.3 is 10.6 Å². The molecule has 130 valence electrons. The van der Waals surface area contributed by atoms with Gasteiger partial charge in [0.25, 0.3) is 0 Å². The SMILES string of the molecule is CCNC(=NCCS(=O)C(C)(C)C)NCCc1ccc(Cl)cc1. The number of halogens is 1. The Labute approximate surface area is 147 Å². The fraction of sp³-hybridized carbons (Fsp3) is 0.588. The first kappa shape index (κ1) is 20.0. The maximum absolute atomic E-state index is 12.0. The zero-order valence-electron chi connectivity index (χ0n) is 14.5. The van der Waals surface area contributed by atoms with Crippen molar-refractivity contribution < 1.29 is 4.21 Å². The van der Waals surface area contributed by atoms with Crippen LogP contribution in [0.15, 0.2) is 29.3 Å². The summed E-state index contributed by atoms with van der Waals surface area (Å²) in [5.74, 6) is 1.35. The lowest BCUT2D eigenvalue weighted by Gasteiger charge is -2.17. The molecule has 6 heteroatoms. The molecule has 23 heavy (non-hydrogen) atoms. The number of nitrogens with one attached hydrogen (secondary N) is 2. The highest BCUT2D eigenvalue weighted by Gasteiger charge is 2.18. The molecular weight excluding hydrogens is 330 g/mol. The summed E-state index contributed by atoms with van der Waals surface area (Å²) in [6.45, 7) is 10.1. The van der Waals surface area contributed by atoms with Crippen molar-refractivity contribution >= 4 is 28.4 Å². The molecule has 0 heterocycles. The van der Waals surface area contributed by atoms with E-state index in [2.05, 4.69) is 15.6 Å². The predicted molar refractivity (Wildman–Crippen MR) is 102 cm³/mol. The monoisotopic (exact) mass is 357 g/mol. The average molecular weight is 358 g/mol. The standard InChI is InChI=1S/C17H28ClN3OS/c1-5-19-16(21-12-13-23(22)17(2,3)4)20-11-10-14-6-8-15(18)9-7-14/h6-9H,5,10-13H2,1-4H3,(H2,19,20,21). The lowest BCUT2D eigenvalue weighted by molar-refractivity contribution is 0.648. The van der Waals surface area contributed by atoms with Crippen LogP contribution in [-0.2, 0) is 17.2 Å². The molecule has 0 spiro atoms. The Bertz CT molecular complexity index is 524. The average Bonchev–Trinajstić information content (AvgIpc) is 2.48. The molecule has 1 aromatic carbocycles. The van der Waals surface area contributed by atoms with Crippen molar-refractivity contribution in [3.63, 3.8) is 0 Å². The first-order valence-electron chi connectivity index (χ1n) is 7.98. The summed E-state index contributed by atoms with van der Waals surface area (Å²) in [4.78, 5) is 4.49. The van der Waals surface area contributed by atoms with Crippen LogP contribution in [0, 0.1) is 0 Å². The van der Waals surface area contributed by atoms with Gasteiger partial charge in [-0.15, -0.1) is 0 Å². The summed E-state index contributed by atoms with van der Waals surface area (Å²) in [6, 6.07) is 7.86. The van der Waals surface area contributed by atoms with E-state index in [-0.39, 0.29) is 4.75 Å². The van der Waals surface area contributed by atoms with Crippen LogP contribution >= 0.6 is 11.6 Å². The van der Waals surface area contributed by atoms with Gasteiger partial charge in [0.05, 0.1) is 6.54 Å². The van der Waals surface area contributed by atoms with E-state index in [1.807, 2.05) is 52.0 Å². The minimum atomic E-state index is -0.871. The molecule has 1 unspecified atom stereocenters. The molecule has 0 aromatic heterocycles. The van der Waals surface area contributed by atoms with Gasteiger partial charge in [0.2, 0.25) is 0 Å². The van der Waals surface area contributed by atoms with Gasteiger partial charge in [-0.05, 0) is 51.8 Å². The molecule has 4 nitrogen and oxygen atoms in total. The minimum absolute atomic E-state index is 0.185. The molecule has 1 aromatic rings. The molecule has 2 N–H and O–H groups in total. The zero-order chi connectivity index (χ0) is 17.3. The largest absolute Gasteiger partial charge is 0.357 e. The van der Waals surface area contributed by atoms with Crippen LogP contribution in [0.4, 0.5) is 0 Å². The highest BCUT2D eigenvalue weighted by molar-refractivity contribution is 7.86. The predicted octanol–water partition coefficient (Wildman–Crippen LogP) is 2.98. The molecular formula is C17H28ClN3OS. The van der Waals surface area contributed by atoms with E-state index in [1.54, 1.807) is 0 Å². The second kappa shape index (κ2) is 9.93. The van der Waals surface area contributed by atoms with E-state index in [9.17, 15) is 4.21 Å². The van der Waals surface area contributed by atoms with Gasteiger partial charge in [-0.3, -0.25) is 9.20 Å². The fourth-order valence-electron chi connectivity index (χ4n) is 1.86. The number of nitrogens with zero attached hydrogens (tertiary/aromatic N) is 1. The van der Waals surface area contributed by atoms with Crippen molar-refractivity contribution in [2.45, 2.75) is 38.9 Å². The van der Waals surface area contributed by atoms with E-state index in [1.165, 1.54) is 5.56 Å². The molecule has 0 fully saturated rings. The van der Waals surface area contributed by atoms with Gasteiger partial charge >= 0.3 is 0 Å². The Kier molecular flexibility index (Phi) is 8.63. The second-order valence-electron chi connectivity index (χ2n) is 6.23. The Balaban J connectivity index is 2.43. The van der Waals surface area contributed by atoms with Crippen molar-refractivity contribution in [1.29, 1.82) is 0 Å². The second-order valence-corrected chi connectivity index (χ2v) is 8.99. The maximum Gasteiger partial charge on any atom is 0.191 e. The molecule has 0 saturated carbocycles. The summed E-state index contributed by atoms with van der Waals surface area (Å²) in [7, 11) is -0.871. The van der Waals surface area contributed by atoms with Crippen LogP contribution in [0.5, 0.6) is 0 Å². The van der Waals surface area contributed by atoms with Crippen LogP contribution in [0.2, 0.25) is 5.02 Å². The highest BCUT2D eigenvalue weighted by atomic mass is 35.5. The fourth-order valence-corrected chi connectivity index (χ4v) is 2.86. The van der Waals surface area contributed by atoms with E-state index in [4.69, 9.17) is 11.6 Å². The third-order valence-electron chi connectivity index (χ3n) is 3.19. The summed E-state index contributed by atoms with van der Waals surface area (Å²) in [5, 5.41) is 7.27. The van der Waals surface area contributed by atoms with Crippen LogP contribution in [0.25, 0.3) is 0 Å². The van der Waals surface area contributed by atoms with Gasteiger partial charge in [-0.25, -0.2) is 0 Å². The molecule has 0 radical (unpaired) electrons. The normalized spacial score (nSPS) is 13.7.